The van der Waals surface area contributed by atoms with Gasteiger partial charge in [0.1, 0.15) is 17.1 Å². The van der Waals surface area contributed by atoms with E-state index in [2.05, 4.69) is 11.3 Å². The molecule has 0 aliphatic carbocycles. The normalized spacial score (nSPS) is 10.4. The van der Waals surface area contributed by atoms with Gasteiger partial charge in [0.2, 0.25) is 5.43 Å². The van der Waals surface area contributed by atoms with Crippen molar-refractivity contribution in [2.24, 2.45) is 0 Å². The molecule has 3 aromatic rings. The average molecular weight is 336 g/mol. The first-order chi connectivity index (χ1) is 12.1. The summed E-state index contributed by atoms with van der Waals surface area (Å²) in [7, 11) is 0. The minimum Gasteiger partial charge on any atom is -0.482 e. The molecule has 5 nitrogen and oxygen atoms in total. The lowest BCUT2D eigenvalue weighted by molar-refractivity contribution is -0.140. The molecule has 0 fully saturated rings. The average Bonchev–Trinajstić information content (AvgIpc) is 2.61. The molecular weight excluding hydrogens is 320 g/mol. The lowest BCUT2D eigenvalue weighted by Crippen LogP contribution is -2.12. The van der Waals surface area contributed by atoms with Gasteiger partial charge < -0.3 is 13.9 Å². The van der Waals surface area contributed by atoms with Crippen molar-refractivity contribution in [3.63, 3.8) is 0 Å². The Kier molecular flexibility index (Phi) is 4.66. The SMILES string of the molecule is C=COC(=O)COc1ccc2c(=O)c(-c3ccccc3)c(C)oc2c1. The fraction of sp³-hybridized carbons (Fsp3) is 0.100. The molecule has 1 heterocycles. The van der Waals surface area contributed by atoms with Gasteiger partial charge in [0.15, 0.2) is 6.61 Å². The smallest absolute Gasteiger partial charge is 0.348 e. The summed E-state index contributed by atoms with van der Waals surface area (Å²) in [6.45, 7) is 4.79. The Morgan fingerprint density at radius 2 is 1.96 bits per heavy atom. The van der Waals surface area contributed by atoms with E-state index in [1.54, 1.807) is 25.1 Å². The monoisotopic (exact) mass is 336 g/mol. The van der Waals surface area contributed by atoms with Gasteiger partial charge in [-0.15, -0.1) is 0 Å². The van der Waals surface area contributed by atoms with Crippen LogP contribution in [0, 0.1) is 6.92 Å². The number of benzene rings is 2. The number of aryl methyl sites for hydroxylation is 1. The van der Waals surface area contributed by atoms with Crippen molar-refractivity contribution >= 4 is 16.9 Å². The molecule has 3 rings (SSSR count). The van der Waals surface area contributed by atoms with Crippen molar-refractivity contribution in [1.29, 1.82) is 0 Å². The van der Waals surface area contributed by atoms with Gasteiger partial charge in [-0.05, 0) is 24.6 Å². The van der Waals surface area contributed by atoms with E-state index in [0.29, 0.717) is 28.0 Å². The predicted octanol–water partition coefficient (Wildman–Crippen LogP) is 3.83. The lowest BCUT2D eigenvalue weighted by atomic mass is 10.0. The first-order valence-electron chi connectivity index (χ1n) is 7.66. The molecule has 0 bridgehead atoms. The third-order valence-corrected chi connectivity index (χ3v) is 3.67. The van der Waals surface area contributed by atoms with Crippen molar-refractivity contribution in [2.75, 3.05) is 6.61 Å². The van der Waals surface area contributed by atoms with Crippen LogP contribution in [0.25, 0.3) is 22.1 Å². The van der Waals surface area contributed by atoms with Crippen LogP contribution in [0.5, 0.6) is 5.75 Å². The van der Waals surface area contributed by atoms with Gasteiger partial charge >= 0.3 is 5.97 Å². The van der Waals surface area contributed by atoms with Crippen LogP contribution in [0.3, 0.4) is 0 Å². The van der Waals surface area contributed by atoms with Gasteiger partial charge in [-0.1, -0.05) is 36.9 Å². The van der Waals surface area contributed by atoms with Gasteiger partial charge in [-0.3, -0.25) is 4.79 Å². The molecule has 126 valence electrons. The van der Waals surface area contributed by atoms with Gasteiger partial charge in [-0.2, -0.15) is 0 Å². The van der Waals surface area contributed by atoms with Crippen LogP contribution in [-0.4, -0.2) is 12.6 Å². The number of ether oxygens (including phenoxy) is 2. The molecule has 0 atom stereocenters. The van der Waals surface area contributed by atoms with Crippen LogP contribution < -0.4 is 10.2 Å². The fourth-order valence-corrected chi connectivity index (χ4v) is 2.58. The summed E-state index contributed by atoms with van der Waals surface area (Å²) in [6.07, 6.45) is 1.04. The van der Waals surface area contributed by atoms with Crippen LogP contribution in [0.15, 0.2) is 70.6 Å². The van der Waals surface area contributed by atoms with E-state index in [0.717, 1.165) is 11.8 Å². The maximum absolute atomic E-state index is 12.8. The van der Waals surface area contributed by atoms with E-state index in [1.807, 2.05) is 30.3 Å². The van der Waals surface area contributed by atoms with E-state index in [1.165, 1.54) is 0 Å². The zero-order valence-corrected chi connectivity index (χ0v) is 13.7. The number of esters is 1. The Hall–Kier alpha value is -3.34. The molecular formula is C20H16O5. The molecule has 0 N–H and O–H groups in total. The predicted molar refractivity (Wildman–Crippen MR) is 94.4 cm³/mol. The topological polar surface area (TPSA) is 65.7 Å². The highest BCUT2D eigenvalue weighted by molar-refractivity contribution is 5.83. The summed E-state index contributed by atoms with van der Waals surface area (Å²) >= 11 is 0. The molecule has 0 radical (unpaired) electrons. The third kappa shape index (κ3) is 3.45. The number of hydrogen-bond acceptors (Lipinski definition) is 5. The Morgan fingerprint density at radius 3 is 2.68 bits per heavy atom. The number of fused-ring (bicyclic) bond motifs is 1. The van der Waals surface area contributed by atoms with Crippen LogP contribution in [-0.2, 0) is 9.53 Å². The van der Waals surface area contributed by atoms with Gasteiger partial charge in [0.05, 0.1) is 17.2 Å². The summed E-state index contributed by atoms with van der Waals surface area (Å²) in [5, 5.41) is 0.450. The molecule has 0 amide bonds. The minimum absolute atomic E-state index is 0.109. The maximum atomic E-state index is 12.8. The highest BCUT2D eigenvalue weighted by Crippen LogP contribution is 2.26. The van der Waals surface area contributed by atoms with E-state index in [9.17, 15) is 9.59 Å². The molecule has 0 saturated carbocycles. The highest BCUT2D eigenvalue weighted by atomic mass is 16.6. The highest BCUT2D eigenvalue weighted by Gasteiger charge is 2.14. The maximum Gasteiger partial charge on any atom is 0.348 e. The first-order valence-corrected chi connectivity index (χ1v) is 7.66. The van der Waals surface area contributed by atoms with Crippen LogP contribution in [0.1, 0.15) is 5.76 Å². The zero-order chi connectivity index (χ0) is 17.8. The molecule has 0 spiro atoms. The first kappa shape index (κ1) is 16.5. The van der Waals surface area contributed by atoms with Gasteiger partial charge in [0.25, 0.3) is 0 Å². The minimum atomic E-state index is -0.563. The number of carbonyl (C=O) groups is 1. The largest absolute Gasteiger partial charge is 0.482 e. The zero-order valence-electron chi connectivity index (χ0n) is 13.7. The number of hydrogen-bond donors (Lipinski definition) is 0. The van der Waals surface area contributed by atoms with Gasteiger partial charge in [-0.25, -0.2) is 4.79 Å². The van der Waals surface area contributed by atoms with Crippen molar-refractivity contribution in [3.05, 3.63) is 77.4 Å². The molecule has 5 heteroatoms. The van der Waals surface area contributed by atoms with Crippen molar-refractivity contribution in [1.82, 2.24) is 0 Å². The summed E-state index contributed by atoms with van der Waals surface area (Å²) in [4.78, 5) is 24.1. The van der Waals surface area contributed by atoms with E-state index >= 15 is 0 Å². The van der Waals surface area contributed by atoms with Crippen molar-refractivity contribution in [2.45, 2.75) is 6.92 Å². The van der Waals surface area contributed by atoms with Crippen LogP contribution in [0.2, 0.25) is 0 Å². The van der Waals surface area contributed by atoms with E-state index < -0.39 is 5.97 Å². The second-order valence-electron chi connectivity index (χ2n) is 5.33. The van der Waals surface area contributed by atoms with Crippen molar-refractivity contribution < 1.29 is 18.7 Å². The Morgan fingerprint density at radius 1 is 1.20 bits per heavy atom. The lowest BCUT2D eigenvalue weighted by Gasteiger charge is -2.09. The third-order valence-electron chi connectivity index (χ3n) is 3.67. The van der Waals surface area contributed by atoms with Gasteiger partial charge in [0, 0.05) is 6.07 Å². The molecule has 2 aromatic carbocycles. The van der Waals surface area contributed by atoms with E-state index in [-0.39, 0.29) is 12.0 Å². The summed E-state index contributed by atoms with van der Waals surface area (Å²) in [6, 6.07) is 14.2. The number of carbonyl (C=O) groups excluding carboxylic acids is 1. The quantitative estimate of drug-likeness (QED) is 0.523. The fourth-order valence-electron chi connectivity index (χ4n) is 2.58. The summed E-state index contributed by atoms with van der Waals surface area (Å²) in [5.41, 5.74) is 1.64. The standard InChI is InChI=1S/C20H16O5/c1-3-23-18(21)12-24-15-9-10-16-17(11-15)25-13(2)19(20(16)22)14-7-5-4-6-8-14/h3-11H,1,12H2,2H3. The Labute approximate surface area is 144 Å². The summed E-state index contributed by atoms with van der Waals surface area (Å²) in [5.74, 6) is 0.364. The van der Waals surface area contributed by atoms with E-state index in [4.69, 9.17) is 9.15 Å². The molecule has 0 aliphatic heterocycles. The van der Waals surface area contributed by atoms with Crippen molar-refractivity contribution in [3.8, 4) is 16.9 Å². The molecule has 0 aliphatic rings. The molecule has 1 aromatic heterocycles. The Bertz CT molecular complexity index is 986. The second-order valence-corrected chi connectivity index (χ2v) is 5.33. The number of rotatable bonds is 5. The van der Waals surface area contributed by atoms with Crippen LogP contribution in [0.4, 0.5) is 0 Å². The molecule has 0 saturated heterocycles. The second kappa shape index (κ2) is 7.05. The Balaban J connectivity index is 1.98. The molecule has 25 heavy (non-hydrogen) atoms. The summed E-state index contributed by atoms with van der Waals surface area (Å²) < 4.78 is 15.7. The van der Waals surface area contributed by atoms with Crippen LogP contribution >= 0.6 is 0 Å². The molecule has 0 unspecified atom stereocenters.